The fraction of sp³-hybridized carbons (Fsp3) is 0.833. The van der Waals surface area contributed by atoms with Crippen LogP contribution in [0.1, 0.15) is 12.8 Å². The fourth-order valence-electron chi connectivity index (χ4n) is 0.684. The molecule has 1 unspecified atom stereocenters. The van der Waals surface area contributed by atoms with Crippen LogP contribution in [0.3, 0.4) is 0 Å². The van der Waals surface area contributed by atoms with Gasteiger partial charge in [-0.05, 0) is 13.0 Å². The molecule has 10 heavy (non-hydrogen) atoms. The first-order chi connectivity index (χ1) is 4.70. The van der Waals surface area contributed by atoms with E-state index in [0.717, 1.165) is 0 Å². The maximum Gasteiger partial charge on any atom is 0.305 e. The van der Waals surface area contributed by atoms with Gasteiger partial charge in [0.25, 0.3) is 0 Å². The van der Waals surface area contributed by atoms with Crippen molar-refractivity contribution in [3.63, 3.8) is 0 Å². The lowest BCUT2D eigenvalue weighted by atomic mass is 10.2. The van der Waals surface area contributed by atoms with E-state index in [-0.39, 0.29) is 12.5 Å². The Morgan fingerprint density at radius 2 is 2.40 bits per heavy atom. The summed E-state index contributed by atoms with van der Waals surface area (Å²) in [5.41, 5.74) is 5.21. The lowest BCUT2D eigenvalue weighted by molar-refractivity contribution is -0.139. The largest absolute Gasteiger partial charge is 0.481 e. The number of nitrogens with two attached hydrogens (primary N) is 1. The normalized spacial score (nSPS) is 13.0. The third-order valence-corrected chi connectivity index (χ3v) is 1.22. The van der Waals surface area contributed by atoms with E-state index in [1.165, 1.54) is 7.11 Å². The molecule has 0 saturated carbocycles. The number of aliphatic carboxylic acids is 1. The maximum atomic E-state index is 10.1. The second-order valence-electron chi connectivity index (χ2n) is 2.03. The predicted octanol–water partition coefficient (Wildman–Crippen LogP) is -0.175. The number of hydrogen-bond acceptors (Lipinski definition) is 3. The first kappa shape index (κ1) is 9.39. The van der Waals surface area contributed by atoms with Gasteiger partial charge < -0.3 is 15.6 Å². The van der Waals surface area contributed by atoms with E-state index in [4.69, 9.17) is 15.6 Å². The molecule has 0 aromatic rings. The Morgan fingerprint density at radius 1 is 1.80 bits per heavy atom. The SMILES string of the molecule is COC(CCN)CC(=O)O. The topological polar surface area (TPSA) is 72.5 Å². The minimum absolute atomic E-state index is 0.0354. The standard InChI is InChI=1S/C6H13NO3/c1-10-5(2-3-7)4-6(8)9/h5H,2-4,7H2,1H3,(H,8,9). The van der Waals surface area contributed by atoms with Crippen molar-refractivity contribution in [1.29, 1.82) is 0 Å². The molecule has 0 saturated heterocycles. The molecule has 4 nitrogen and oxygen atoms in total. The van der Waals surface area contributed by atoms with Gasteiger partial charge in [0.05, 0.1) is 12.5 Å². The Bertz CT molecular complexity index is 105. The molecule has 0 spiro atoms. The average Bonchev–Trinajstić information content (AvgIpc) is 1.86. The van der Waals surface area contributed by atoms with Crippen LogP contribution in [0.15, 0.2) is 0 Å². The zero-order chi connectivity index (χ0) is 7.98. The molecule has 0 aromatic heterocycles. The lowest BCUT2D eigenvalue weighted by Crippen LogP contribution is -2.19. The number of carbonyl (C=O) groups is 1. The smallest absolute Gasteiger partial charge is 0.305 e. The van der Waals surface area contributed by atoms with Gasteiger partial charge in [0, 0.05) is 7.11 Å². The molecule has 0 bridgehead atoms. The molecule has 0 rings (SSSR count). The van der Waals surface area contributed by atoms with Gasteiger partial charge in [-0.1, -0.05) is 0 Å². The summed E-state index contributed by atoms with van der Waals surface area (Å²) in [6.45, 7) is 0.464. The van der Waals surface area contributed by atoms with Gasteiger partial charge in [-0.15, -0.1) is 0 Å². The van der Waals surface area contributed by atoms with Gasteiger partial charge in [-0.2, -0.15) is 0 Å². The summed E-state index contributed by atoms with van der Waals surface area (Å²) >= 11 is 0. The number of rotatable bonds is 5. The first-order valence-corrected chi connectivity index (χ1v) is 3.15. The number of ether oxygens (including phenoxy) is 1. The lowest BCUT2D eigenvalue weighted by Gasteiger charge is -2.10. The molecular weight excluding hydrogens is 134 g/mol. The molecule has 0 heterocycles. The minimum atomic E-state index is -0.847. The van der Waals surface area contributed by atoms with E-state index in [0.29, 0.717) is 13.0 Å². The van der Waals surface area contributed by atoms with Crippen LogP contribution in [-0.2, 0) is 9.53 Å². The summed E-state index contributed by atoms with van der Waals surface area (Å²) in [5, 5.41) is 8.32. The highest BCUT2D eigenvalue weighted by atomic mass is 16.5. The monoisotopic (exact) mass is 147 g/mol. The second-order valence-corrected chi connectivity index (χ2v) is 2.03. The molecule has 0 amide bonds. The Labute approximate surface area is 60.0 Å². The molecule has 0 aliphatic carbocycles. The van der Waals surface area contributed by atoms with Gasteiger partial charge in [0.2, 0.25) is 0 Å². The van der Waals surface area contributed by atoms with Crippen molar-refractivity contribution in [2.75, 3.05) is 13.7 Å². The van der Waals surface area contributed by atoms with Crippen LogP contribution in [0.2, 0.25) is 0 Å². The molecule has 0 radical (unpaired) electrons. The third-order valence-electron chi connectivity index (χ3n) is 1.22. The molecule has 0 aliphatic heterocycles. The van der Waals surface area contributed by atoms with E-state index in [1.54, 1.807) is 0 Å². The molecule has 3 N–H and O–H groups in total. The number of methoxy groups -OCH3 is 1. The van der Waals surface area contributed by atoms with Gasteiger partial charge in [-0.3, -0.25) is 4.79 Å². The molecule has 0 aromatic carbocycles. The zero-order valence-electron chi connectivity index (χ0n) is 6.04. The molecule has 0 fully saturated rings. The Hall–Kier alpha value is -0.610. The van der Waals surface area contributed by atoms with Gasteiger partial charge in [0.1, 0.15) is 0 Å². The summed E-state index contributed by atoms with van der Waals surface area (Å²) in [5.74, 6) is -0.847. The zero-order valence-corrected chi connectivity index (χ0v) is 6.04. The van der Waals surface area contributed by atoms with E-state index in [2.05, 4.69) is 0 Å². The fourth-order valence-corrected chi connectivity index (χ4v) is 0.684. The molecule has 0 aliphatic rings. The Morgan fingerprint density at radius 3 is 2.70 bits per heavy atom. The highest BCUT2D eigenvalue weighted by molar-refractivity contribution is 5.67. The highest BCUT2D eigenvalue weighted by Gasteiger charge is 2.09. The van der Waals surface area contributed by atoms with Crippen molar-refractivity contribution in [3.8, 4) is 0 Å². The molecule has 1 atom stereocenters. The molecule has 4 heteroatoms. The van der Waals surface area contributed by atoms with E-state index in [1.807, 2.05) is 0 Å². The number of carboxylic acids is 1. The Kier molecular flexibility index (Phi) is 4.88. The summed E-state index contributed by atoms with van der Waals surface area (Å²) in [6, 6.07) is 0. The first-order valence-electron chi connectivity index (χ1n) is 3.15. The summed E-state index contributed by atoms with van der Waals surface area (Å²) in [7, 11) is 1.49. The van der Waals surface area contributed by atoms with Crippen molar-refractivity contribution in [2.24, 2.45) is 5.73 Å². The van der Waals surface area contributed by atoms with E-state index in [9.17, 15) is 4.79 Å². The average molecular weight is 147 g/mol. The van der Waals surface area contributed by atoms with E-state index < -0.39 is 5.97 Å². The van der Waals surface area contributed by atoms with Gasteiger partial charge in [0.15, 0.2) is 0 Å². The van der Waals surface area contributed by atoms with Crippen LogP contribution in [0.5, 0.6) is 0 Å². The van der Waals surface area contributed by atoms with Crippen molar-refractivity contribution in [1.82, 2.24) is 0 Å². The predicted molar refractivity (Wildman–Crippen MR) is 36.7 cm³/mol. The summed E-state index contributed by atoms with van der Waals surface area (Å²) < 4.78 is 4.84. The molecular formula is C6H13NO3. The van der Waals surface area contributed by atoms with Gasteiger partial charge >= 0.3 is 5.97 Å². The Balaban J connectivity index is 3.49. The van der Waals surface area contributed by atoms with Crippen LogP contribution in [0.4, 0.5) is 0 Å². The number of carboxylic acid groups (broad SMARTS) is 1. The molecule has 60 valence electrons. The van der Waals surface area contributed by atoms with Gasteiger partial charge in [-0.25, -0.2) is 0 Å². The van der Waals surface area contributed by atoms with Crippen LogP contribution in [-0.4, -0.2) is 30.8 Å². The summed E-state index contributed by atoms with van der Waals surface area (Å²) in [4.78, 5) is 10.1. The van der Waals surface area contributed by atoms with Crippen LogP contribution < -0.4 is 5.73 Å². The highest BCUT2D eigenvalue weighted by Crippen LogP contribution is 2.00. The van der Waals surface area contributed by atoms with Crippen LogP contribution >= 0.6 is 0 Å². The van der Waals surface area contributed by atoms with Crippen molar-refractivity contribution in [2.45, 2.75) is 18.9 Å². The van der Waals surface area contributed by atoms with Crippen molar-refractivity contribution >= 4 is 5.97 Å². The van der Waals surface area contributed by atoms with Crippen LogP contribution in [0.25, 0.3) is 0 Å². The van der Waals surface area contributed by atoms with E-state index >= 15 is 0 Å². The summed E-state index contributed by atoms with van der Waals surface area (Å²) in [6.07, 6.45) is 0.402. The number of hydrogen-bond donors (Lipinski definition) is 2. The third kappa shape index (κ3) is 4.29. The van der Waals surface area contributed by atoms with Crippen molar-refractivity contribution in [3.05, 3.63) is 0 Å². The minimum Gasteiger partial charge on any atom is -0.481 e. The second kappa shape index (κ2) is 5.20. The van der Waals surface area contributed by atoms with Crippen molar-refractivity contribution < 1.29 is 14.6 Å². The van der Waals surface area contributed by atoms with Crippen LogP contribution in [0, 0.1) is 0 Å². The maximum absolute atomic E-state index is 10.1. The quantitative estimate of drug-likeness (QED) is 0.566.